The Morgan fingerprint density at radius 1 is 1.42 bits per heavy atom. The number of hydrogen-bond donors (Lipinski definition) is 3. The maximum absolute atomic E-state index is 11.9. The molecule has 1 atom stereocenters. The lowest BCUT2D eigenvalue weighted by Gasteiger charge is -2.27. The van der Waals surface area contributed by atoms with Gasteiger partial charge in [-0.2, -0.15) is 17.7 Å². The first-order chi connectivity index (χ1) is 12.2. The molecule has 0 aromatic rings. The van der Waals surface area contributed by atoms with Gasteiger partial charge in [0, 0.05) is 24.2 Å². The number of carboxylic acid groups (broad SMARTS) is 1. The number of allylic oxidation sites excluding steroid dienone is 2. The molecule has 2 rings (SSSR count). The highest BCUT2D eigenvalue weighted by Gasteiger charge is 2.24. The monoisotopic (exact) mass is 380 g/mol. The van der Waals surface area contributed by atoms with Crippen LogP contribution in [0, 0.1) is 0 Å². The van der Waals surface area contributed by atoms with Gasteiger partial charge in [-0.25, -0.2) is 5.43 Å². The molecular weight excluding hydrogens is 352 g/mol. The first-order valence-corrected chi connectivity index (χ1v) is 9.51. The fourth-order valence-corrected chi connectivity index (χ4v) is 3.28. The van der Waals surface area contributed by atoms with E-state index in [4.69, 9.17) is 9.84 Å². The largest absolute Gasteiger partial charge is 0.481 e. The number of carbonyl (C=O) groups is 2. The molecule has 0 bridgehead atoms. The van der Waals surface area contributed by atoms with Crippen LogP contribution in [0.4, 0.5) is 0 Å². The standard InChI is InChI=1S/C19H28N2O4S/c1-19(2,26)12-17(22)21-20-16-6-3-5-13-11-14(8-9-15(13)16)25-10-4-7-18(23)24/h8-9,14,26H,3-7,10-12H2,1-2H3,(H,21,22)(H,23,24)/b20-16-. The van der Waals surface area contributed by atoms with Gasteiger partial charge in [0.1, 0.15) is 0 Å². The molecule has 0 aromatic carbocycles. The summed E-state index contributed by atoms with van der Waals surface area (Å²) in [7, 11) is 0. The number of thiol groups is 1. The predicted molar refractivity (Wildman–Crippen MR) is 105 cm³/mol. The highest BCUT2D eigenvalue weighted by Crippen LogP contribution is 2.31. The molecule has 2 aliphatic carbocycles. The van der Waals surface area contributed by atoms with Crippen LogP contribution in [0.3, 0.4) is 0 Å². The summed E-state index contributed by atoms with van der Waals surface area (Å²) in [5, 5.41) is 13.0. The molecule has 144 valence electrons. The van der Waals surface area contributed by atoms with Gasteiger partial charge in [0.2, 0.25) is 5.91 Å². The zero-order valence-corrected chi connectivity index (χ0v) is 16.3. The van der Waals surface area contributed by atoms with Crippen LogP contribution in [0.1, 0.15) is 58.8 Å². The second-order valence-corrected chi connectivity index (χ2v) is 8.63. The van der Waals surface area contributed by atoms with Gasteiger partial charge in [-0.15, -0.1) is 0 Å². The third kappa shape index (κ3) is 6.96. The second kappa shape index (κ2) is 9.37. The van der Waals surface area contributed by atoms with E-state index < -0.39 is 5.97 Å². The zero-order chi connectivity index (χ0) is 19.2. The summed E-state index contributed by atoms with van der Waals surface area (Å²) in [6.45, 7) is 4.23. The number of nitrogens with one attached hydrogen (secondary N) is 1. The molecular formula is C19H28N2O4S. The van der Waals surface area contributed by atoms with E-state index in [9.17, 15) is 9.59 Å². The van der Waals surface area contributed by atoms with Crippen LogP contribution >= 0.6 is 12.6 Å². The number of rotatable bonds is 8. The van der Waals surface area contributed by atoms with E-state index >= 15 is 0 Å². The molecule has 0 spiro atoms. The lowest BCUT2D eigenvalue weighted by Crippen LogP contribution is -2.28. The van der Waals surface area contributed by atoms with Gasteiger partial charge in [-0.3, -0.25) is 9.59 Å². The van der Waals surface area contributed by atoms with Crippen LogP contribution in [-0.2, 0) is 14.3 Å². The van der Waals surface area contributed by atoms with Crippen molar-refractivity contribution in [2.45, 2.75) is 69.6 Å². The Morgan fingerprint density at radius 2 is 2.19 bits per heavy atom. The number of carboxylic acids is 1. The summed E-state index contributed by atoms with van der Waals surface area (Å²) >= 11 is 4.37. The molecule has 0 fully saturated rings. The number of amides is 1. The van der Waals surface area contributed by atoms with Crippen molar-refractivity contribution < 1.29 is 19.4 Å². The molecule has 0 radical (unpaired) electrons. The molecule has 2 aliphatic rings. The average Bonchev–Trinajstić information content (AvgIpc) is 2.55. The second-order valence-electron chi connectivity index (χ2n) is 7.42. The van der Waals surface area contributed by atoms with Crippen molar-refractivity contribution in [3.63, 3.8) is 0 Å². The van der Waals surface area contributed by atoms with Gasteiger partial charge < -0.3 is 9.84 Å². The lowest BCUT2D eigenvalue weighted by atomic mass is 9.83. The maximum atomic E-state index is 11.9. The Balaban J connectivity index is 1.90. The van der Waals surface area contributed by atoms with Crippen LogP contribution in [0.2, 0.25) is 0 Å². The summed E-state index contributed by atoms with van der Waals surface area (Å²) in [6.07, 6.45) is 8.62. The fourth-order valence-electron chi connectivity index (χ4n) is 3.13. The van der Waals surface area contributed by atoms with E-state index in [0.717, 1.165) is 37.0 Å². The first-order valence-electron chi connectivity index (χ1n) is 9.06. The zero-order valence-electron chi connectivity index (χ0n) is 15.5. The van der Waals surface area contributed by atoms with Crippen molar-refractivity contribution in [3.05, 3.63) is 23.3 Å². The maximum Gasteiger partial charge on any atom is 0.303 e. The van der Waals surface area contributed by atoms with Gasteiger partial charge in [-0.05, 0) is 37.7 Å². The van der Waals surface area contributed by atoms with E-state index in [2.05, 4.69) is 23.2 Å². The number of carbonyl (C=O) groups excluding carboxylic acids is 1. The molecule has 2 N–H and O–H groups in total. The summed E-state index contributed by atoms with van der Waals surface area (Å²) in [5.41, 5.74) is 5.96. The molecule has 26 heavy (non-hydrogen) atoms. The SMILES string of the molecule is CC(C)(S)CC(=O)N/N=C1/CCCC2=C1C=CC(OCCCC(=O)O)C2. The van der Waals surface area contributed by atoms with Crippen LogP contribution in [-0.4, -0.2) is 40.2 Å². The van der Waals surface area contributed by atoms with E-state index in [1.165, 1.54) is 5.57 Å². The summed E-state index contributed by atoms with van der Waals surface area (Å²) in [6, 6.07) is 0. The quantitative estimate of drug-likeness (QED) is 0.343. The number of aliphatic carboxylic acids is 1. The van der Waals surface area contributed by atoms with Crippen LogP contribution < -0.4 is 5.43 Å². The van der Waals surface area contributed by atoms with Crippen LogP contribution in [0.25, 0.3) is 0 Å². The van der Waals surface area contributed by atoms with Crippen molar-refractivity contribution in [3.8, 4) is 0 Å². The highest BCUT2D eigenvalue weighted by molar-refractivity contribution is 7.81. The minimum atomic E-state index is -0.797. The van der Waals surface area contributed by atoms with Gasteiger partial charge in [0.05, 0.1) is 11.8 Å². The molecule has 1 unspecified atom stereocenters. The van der Waals surface area contributed by atoms with Gasteiger partial charge >= 0.3 is 5.97 Å². The number of nitrogens with zero attached hydrogens (tertiary/aromatic N) is 1. The van der Waals surface area contributed by atoms with Crippen molar-refractivity contribution in [2.75, 3.05) is 6.61 Å². The number of hydrogen-bond acceptors (Lipinski definition) is 5. The van der Waals surface area contributed by atoms with Crippen molar-refractivity contribution in [1.29, 1.82) is 0 Å². The minimum absolute atomic E-state index is 0.0125. The Bertz CT molecular complexity index is 632. The molecule has 0 aliphatic heterocycles. The van der Waals surface area contributed by atoms with Gasteiger partial charge in [0.25, 0.3) is 0 Å². The third-order valence-corrected chi connectivity index (χ3v) is 4.44. The van der Waals surface area contributed by atoms with Gasteiger partial charge in [0.15, 0.2) is 0 Å². The molecule has 0 aromatic heterocycles. The number of hydrazone groups is 1. The fraction of sp³-hybridized carbons (Fsp3) is 0.632. The van der Waals surface area contributed by atoms with E-state index in [1.54, 1.807) is 0 Å². The molecule has 0 saturated heterocycles. The summed E-state index contributed by atoms with van der Waals surface area (Å²) in [4.78, 5) is 22.5. The van der Waals surface area contributed by atoms with E-state index in [0.29, 0.717) is 19.4 Å². The molecule has 0 heterocycles. The Hall–Kier alpha value is -1.60. The molecule has 0 saturated carbocycles. The lowest BCUT2D eigenvalue weighted by molar-refractivity contribution is -0.137. The number of ether oxygens (including phenoxy) is 1. The molecule has 1 amide bonds. The summed E-state index contributed by atoms with van der Waals surface area (Å²) < 4.78 is 5.40. The Kier molecular flexibility index (Phi) is 7.46. The topological polar surface area (TPSA) is 88.0 Å². The Labute approximate surface area is 160 Å². The smallest absolute Gasteiger partial charge is 0.303 e. The van der Waals surface area contributed by atoms with Crippen LogP contribution in [0.5, 0.6) is 0 Å². The van der Waals surface area contributed by atoms with Crippen molar-refractivity contribution >= 4 is 30.2 Å². The molecule has 6 nitrogen and oxygen atoms in total. The highest BCUT2D eigenvalue weighted by atomic mass is 32.1. The average molecular weight is 381 g/mol. The van der Waals surface area contributed by atoms with Crippen molar-refractivity contribution in [1.82, 2.24) is 5.43 Å². The van der Waals surface area contributed by atoms with E-state index in [1.807, 2.05) is 26.0 Å². The predicted octanol–water partition coefficient (Wildman–Crippen LogP) is 3.25. The van der Waals surface area contributed by atoms with Crippen molar-refractivity contribution in [2.24, 2.45) is 5.10 Å². The van der Waals surface area contributed by atoms with E-state index in [-0.39, 0.29) is 23.2 Å². The third-order valence-electron chi connectivity index (χ3n) is 4.28. The molecule has 7 heteroatoms. The normalized spacial score (nSPS) is 21.7. The minimum Gasteiger partial charge on any atom is -0.481 e. The summed E-state index contributed by atoms with van der Waals surface area (Å²) in [5.74, 6) is -0.932. The first kappa shape index (κ1) is 20.7. The Morgan fingerprint density at radius 3 is 2.88 bits per heavy atom. The van der Waals surface area contributed by atoms with Crippen LogP contribution in [0.15, 0.2) is 28.4 Å². The van der Waals surface area contributed by atoms with Gasteiger partial charge in [-0.1, -0.05) is 31.6 Å².